The molecule has 0 radical (unpaired) electrons. The molecule has 4 atom stereocenters. The van der Waals surface area contributed by atoms with E-state index >= 15 is 0 Å². The van der Waals surface area contributed by atoms with Crippen molar-refractivity contribution < 1.29 is 19.4 Å². The topological polar surface area (TPSA) is 78.9 Å². The summed E-state index contributed by atoms with van der Waals surface area (Å²) >= 11 is 0. The Morgan fingerprint density at radius 3 is 2.50 bits per heavy atom. The Morgan fingerprint density at radius 1 is 1.10 bits per heavy atom. The highest BCUT2D eigenvalue weighted by molar-refractivity contribution is 5.88. The fourth-order valence-corrected chi connectivity index (χ4v) is 4.75. The van der Waals surface area contributed by atoms with Gasteiger partial charge in [0.1, 0.15) is 11.8 Å². The van der Waals surface area contributed by atoms with Gasteiger partial charge in [-0.05, 0) is 54.4 Å². The SMILES string of the molecule is COc1ccc(C[C@@H]2C[C@@H](C(=O)O)N(C(=O)[C@H]3C[C@@H](c4ccccc4)CN3)C2)cc1. The second-order valence-corrected chi connectivity index (χ2v) is 8.30. The number of likely N-dealkylation sites (tertiary alicyclic amines) is 1. The zero-order valence-corrected chi connectivity index (χ0v) is 17.2. The predicted molar refractivity (Wildman–Crippen MR) is 114 cm³/mol. The highest BCUT2D eigenvalue weighted by atomic mass is 16.5. The lowest BCUT2D eigenvalue weighted by Gasteiger charge is -2.25. The fraction of sp³-hybridized carbons (Fsp3) is 0.417. The van der Waals surface area contributed by atoms with E-state index in [1.807, 2.05) is 42.5 Å². The average Bonchev–Trinajstić information content (AvgIpc) is 3.42. The highest BCUT2D eigenvalue weighted by Crippen LogP contribution is 2.31. The standard InChI is InChI=1S/C24H28N2O4/c1-30-20-9-7-16(8-10-20)11-17-12-22(24(28)29)26(15-17)23(27)21-13-19(14-25-21)18-5-3-2-4-6-18/h2-10,17,19,21-22,25H,11-15H2,1H3,(H,28,29)/t17-,19-,21-,22+/m1/s1. The summed E-state index contributed by atoms with van der Waals surface area (Å²) in [5.74, 6) is 0.206. The number of carbonyl (C=O) groups excluding carboxylic acids is 1. The van der Waals surface area contributed by atoms with Gasteiger partial charge in [-0.15, -0.1) is 0 Å². The van der Waals surface area contributed by atoms with Crippen molar-refractivity contribution in [1.82, 2.24) is 10.2 Å². The highest BCUT2D eigenvalue weighted by Gasteiger charge is 2.43. The molecule has 30 heavy (non-hydrogen) atoms. The molecule has 0 saturated carbocycles. The molecule has 6 heteroatoms. The van der Waals surface area contributed by atoms with E-state index in [-0.39, 0.29) is 23.8 Å². The van der Waals surface area contributed by atoms with Crippen molar-refractivity contribution >= 4 is 11.9 Å². The van der Waals surface area contributed by atoms with Gasteiger partial charge in [-0.3, -0.25) is 4.79 Å². The summed E-state index contributed by atoms with van der Waals surface area (Å²) in [6, 6.07) is 16.9. The third kappa shape index (κ3) is 4.33. The number of carboxylic acids is 1. The van der Waals surface area contributed by atoms with Crippen LogP contribution in [0.2, 0.25) is 0 Å². The summed E-state index contributed by atoms with van der Waals surface area (Å²) in [6.07, 6.45) is 1.94. The van der Waals surface area contributed by atoms with Gasteiger partial charge in [0.05, 0.1) is 13.2 Å². The first-order chi connectivity index (χ1) is 14.5. The quantitative estimate of drug-likeness (QED) is 0.768. The lowest BCUT2D eigenvalue weighted by atomic mass is 9.96. The maximum atomic E-state index is 13.2. The van der Waals surface area contributed by atoms with E-state index in [0.717, 1.165) is 24.3 Å². The number of hydrogen-bond acceptors (Lipinski definition) is 4. The van der Waals surface area contributed by atoms with Gasteiger partial charge in [0.2, 0.25) is 5.91 Å². The number of ether oxygens (including phenoxy) is 1. The third-order valence-electron chi connectivity index (χ3n) is 6.34. The molecule has 2 fully saturated rings. The Bertz CT molecular complexity index is 884. The van der Waals surface area contributed by atoms with Crippen LogP contribution in [-0.2, 0) is 16.0 Å². The monoisotopic (exact) mass is 408 g/mol. The molecule has 0 aromatic heterocycles. The zero-order chi connectivity index (χ0) is 21.1. The number of hydrogen-bond donors (Lipinski definition) is 2. The lowest BCUT2D eigenvalue weighted by molar-refractivity contribution is -0.148. The smallest absolute Gasteiger partial charge is 0.326 e. The number of methoxy groups -OCH3 is 1. The van der Waals surface area contributed by atoms with E-state index in [9.17, 15) is 14.7 Å². The Morgan fingerprint density at radius 2 is 1.83 bits per heavy atom. The minimum Gasteiger partial charge on any atom is -0.497 e. The number of rotatable bonds is 6. The van der Waals surface area contributed by atoms with Crippen LogP contribution in [0.3, 0.4) is 0 Å². The minimum absolute atomic E-state index is 0.0851. The van der Waals surface area contributed by atoms with E-state index in [4.69, 9.17) is 4.74 Å². The van der Waals surface area contributed by atoms with E-state index in [1.54, 1.807) is 12.0 Å². The number of carbonyl (C=O) groups is 2. The molecule has 2 aromatic rings. The molecule has 2 aromatic carbocycles. The number of aliphatic carboxylic acids is 1. The Labute approximate surface area is 176 Å². The van der Waals surface area contributed by atoms with Gasteiger partial charge in [-0.25, -0.2) is 4.79 Å². The molecule has 0 unspecified atom stereocenters. The number of amides is 1. The summed E-state index contributed by atoms with van der Waals surface area (Å²) in [5, 5.41) is 13.0. The average molecular weight is 408 g/mol. The molecule has 0 spiro atoms. The van der Waals surface area contributed by atoms with E-state index in [0.29, 0.717) is 19.4 Å². The van der Waals surface area contributed by atoms with Crippen molar-refractivity contribution in [3.8, 4) is 5.75 Å². The van der Waals surface area contributed by atoms with Gasteiger partial charge in [-0.1, -0.05) is 42.5 Å². The predicted octanol–water partition coefficient (Wildman–Crippen LogP) is 2.69. The van der Waals surface area contributed by atoms with Gasteiger partial charge in [0.25, 0.3) is 0 Å². The fourth-order valence-electron chi connectivity index (χ4n) is 4.75. The first kappa shape index (κ1) is 20.4. The van der Waals surface area contributed by atoms with E-state index < -0.39 is 12.0 Å². The molecule has 2 N–H and O–H groups in total. The third-order valence-corrected chi connectivity index (χ3v) is 6.34. The largest absolute Gasteiger partial charge is 0.497 e. The van der Waals surface area contributed by atoms with Crippen LogP contribution in [0.4, 0.5) is 0 Å². The molecule has 2 aliphatic heterocycles. The van der Waals surface area contributed by atoms with Crippen LogP contribution in [0.15, 0.2) is 54.6 Å². The maximum absolute atomic E-state index is 13.2. The molecule has 1 amide bonds. The summed E-state index contributed by atoms with van der Waals surface area (Å²) in [6.45, 7) is 1.22. The Kier molecular flexibility index (Phi) is 6.04. The van der Waals surface area contributed by atoms with Gasteiger partial charge >= 0.3 is 5.97 Å². The van der Waals surface area contributed by atoms with Crippen molar-refractivity contribution in [3.63, 3.8) is 0 Å². The summed E-state index contributed by atoms with van der Waals surface area (Å²) in [5.41, 5.74) is 2.34. The normalized spacial score (nSPS) is 26.0. The van der Waals surface area contributed by atoms with Crippen LogP contribution in [0.25, 0.3) is 0 Å². The lowest BCUT2D eigenvalue weighted by Crippen LogP contribution is -2.48. The minimum atomic E-state index is -0.918. The Balaban J connectivity index is 1.41. The zero-order valence-electron chi connectivity index (χ0n) is 17.2. The molecule has 2 aliphatic rings. The van der Waals surface area contributed by atoms with Gasteiger partial charge in [0, 0.05) is 13.1 Å². The Hall–Kier alpha value is -2.86. The molecule has 4 rings (SSSR count). The first-order valence-electron chi connectivity index (χ1n) is 10.5. The van der Waals surface area contributed by atoms with Crippen LogP contribution < -0.4 is 10.1 Å². The van der Waals surface area contributed by atoms with Crippen molar-refractivity contribution in [1.29, 1.82) is 0 Å². The van der Waals surface area contributed by atoms with E-state index in [1.165, 1.54) is 5.56 Å². The molecule has 2 heterocycles. The molecule has 6 nitrogen and oxygen atoms in total. The van der Waals surface area contributed by atoms with Crippen LogP contribution in [-0.4, -0.2) is 54.2 Å². The summed E-state index contributed by atoms with van der Waals surface area (Å²) in [7, 11) is 1.63. The maximum Gasteiger partial charge on any atom is 0.326 e. The number of carboxylic acid groups (broad SMARTS) is 1. The van der Waals surface area contributed by atoms with E-state index in [2.05, 4.69) is 17.4 Å². The second kappa shape index (κ2) is 8.88. The molecular weight excluding hydrogens is 380 g/mol. The van der Waals surface area contributed by atoms with Crippen LogP contribution in [0, 0.1) is 5.92 Å². The molecular formula is C24H28N2O4. The van der Waals surface area contributed by atoms with Crippen molar-refractivity contribution in [3.05, 3.63) is 65.7 Å². The summed E-state index contributed by atoms with van der Waals surface area (Å²) < 4.78 is 5.20. The van der Waals surface area contributed by atoms with Gasteiger partial charge in [-0.2, -0.15) is 0 Å². The van der Waals surface area contributed by atoms with Crippen molar-refractivity contribution in [2.45, 2.75) is 37.3 Å². The number of benzene rings is 2. The van der Waals surface area contributed by atoms with Crippen LogP contribution >= 0.6 is 0 Å². The van der Waals surface area contributed by atoms with Crippen LogP contribution in [0.5, 0.6) is 5.75 Å². The number of nitrogens with zero attached hydrogens (tertiary/aromatic N) is 1. The summed E-state index contributed by atoms with van der Waals surface area (Å²) in [4.78, 5) is 26.7. The molecule has 0 bridgehead atoms. The van der Waals surface area contributed by atoms with Crippen molar-refractivity contribution in [2.75, 3.05) is 20.2 Å². The van der Waals surface area contributed by atoms with Gasteiger partial charge < -0.3 is 20.1 Å². The second-order valence-electron chi connectivity index (χ2n) is 8.30. The molecule has 2 saturated heterocycles. The van der Waals surface area contributed by atoms with Crippen LogP contribution in [0.1, 0.15) is 29.9 Å². The molecule has 158 valence electrons. The molecule has 0 aliphatic carbocycles. The first-order valence-corrected chi connectivity index (χ1v) is 10.5. The number of nitrogens with one attached hydrogen (secondary N) is 1. The van der Waals surface area contributed by atoms with Gasteiger partial charge in [0.15, 0.2) is 0 Å². The van der Waals surface area contributed by atoms with Crippen molar-refractivity contribution in [2.24, 2.45) is 5.92 Å².